The van der Waals surface area contributed by atoms with Crippen molar-refractivity contribution in [1.82, 2.24) is 4.57 Å². The van der Waals surface area contributed by atoms with E-state index in [0.717, 1.165) is 4.90 Å². The molecule has 5 aromatic carbocycles. The van der Waals surface area contributed by atoms with Crippen LogP contribution in [0.4, 0.5) is 0 Å². The number of aryl methyl sites for hydroxylation is 2. The van der Waals surface area contributed by atoms with Crippen LogP contribution in [0.5, 0.6) is 0 Å². The molecule has 0 saturated carbocycles. The van der Waals surface area contributed by atoms with Gasteiger partial charge in [-0.3, -0.25) is 0 Å². The second kappa shape index (κ2) is 8.23. The molecule has 0 saturated heterocycles. The van der Waals surface area contributed by atoms with Crippen LogP contribution in [0, 0.1) is 13.8 Å². The molecule has 0 bridgehead atoms. The Morgan fingerprint density at radius 1 is 0.559 bits per heavy atom. The summed E-state index contributed by atoms with van der Waals surface area (Å²) in [6.45, 7) is 4.31. The van der Waals surface area contributed by atoms with E-state index in [9.17, 15) is 0 Å². The van der Waals surface area contributed by atoms with Gasteiger partial charge in [-0.2, -0.15) is 0 Å². The first-order valence-electron chi connectivity index (χ1n) is 11.6. The topological polar surface area (TPSA) is 4.93 Å². The van der Waals surface area contributed by atoms with Crippen LogP contribution in [0.2, 0.25) is 0 Å². The van der Waals surface area contributed by atoms with Crippen LogP contribution in [0.1, 0.15) is 11.1 Å². The standard InChI is InChI=1S/C32H25NS/c1-21-12-13-22(2)27(18-21)29-20-24(15-17-32(29)34)23-14-16-31-28(19-23)26-10-6-7-11-30(26)33(31)25-8-4-3-5-9-25/h3-20,34H,1-2H3. The largest absolute Gasteiger partial charge is 0.309 e. The lowest BCUT2D eigenvalue weighted by Gasteiger charge is -2.13. The van der Waals surface area contributed by atoms with Gasteiger partial charge < -0.3 is 4.57 Å². The number of benzene rings is 5. The lowest BCUT2D eigenvalue weighted by atomic mass is 9.94. The molecule has 0 atom stereocenters. The molecule has 0 spiro atoms. The Hall–Kier alpha value is -3.75. The third kappa shape index (κ3) is 3.43. The third-order valence-corrected chi connectivity index (χ3v) is 7.09. The van der Waals surface area contributed by atoms with Gasteiger partial charge >= 0.3 is 0 Å². The molecule has 0 N–H and O–H groups in total. The number of hydrogen-bond donors (Lipinski definition) is 1. The van der Waals surface area contributed by atoms with Crippen LogP contribution in [0.15, 0.2) is 114 Å². The fourth-order valence-corrected chi connectivity index (χ4v) is 5.22. The number of thiol groups is 1. The van der Waals surface area contributed by atoms with E-state index in [2.05, 4.69) is 128 Å². The van der Waals surface area contributed by atoms with Gasteiger partial charge in [0.05, 0.1) is 11.0 Å². The number of para-hydroxylation sites is 2. The Bertz CT molecular complexity index is 1680. The van der Waals surface area contributed by atoms with E-state index < -0.39 is 0 Å². The van der Waals surface area contributed by atoms with Crippen LogP contribution in [-0.4, -0.2) is 4.57 Å². The van der Waals surface area contributed by atoms with Crippen molar-refractivity contribution in [3.05, 3.63) is 120 Å². The van der Waals surface area contributed by atoms with Crippen molar-refractivity contribution >= 4 is 34.4 Å². The highest BCUT2D eigenvalue weighted by Crippen LogP contribution is 2.37. The summed E-state index contributed by atoms with van der Waals surface area (Å²) in [6, 6.07) is 39.3. The SMILES string of the molecule is Cc1ccc(C)c(-c2cc(-c3ccc4c(c3)c3ccccc3n4-c3ccccc3)ccc2S)c1. The molecule has 6 rings (SSSR count). The third-order valence-electron chi connectivity index (χ3n) is 6.70. The quantitative estimate of drug-likeness (QED) is 0.254. The molecule has 1 heterocycles. The van der Waals surface area contributed by atoms with Crippen molar-refractivity contribution < 1.29 is 0 Å². The summed E-state index contributed by atoms with van der Waals surface area (Å²) in [4.78, 5) is 0.999. The lowest BCUT2D eigenvalue weighted by molar-refractivity contribution is 1.18. The molecule has 0 amide bonds. The zero-order valence-corrected chi connectivity index (χ0v) is 20.2. The highest BCUT2D eigenvalue weighted by molar-refractivity contribution is 7.80. The second-order valence-electron chi connectivity index (χ2n) is 8.97. The highest BCUT2D eigenvalue weighted by atomic mass is 32.1. The summed E-state index contributed by atoms with van der Waals surface area (Å²) in [5.41, 5.74) is 11.0. The first kappa shape index (κ1) is 20.8. The van der Waals surface area contributed by atoms with Crippen molar-refractivity contribution in [3.8, 4) is 27.9 Å². The summed E-state index contributed by atoms with van der Waals surface area (Å²) >= 11 is 4.80. The van der Waals surface area contributed by atoms with E-state index in [4.69, 9.17) is 12.6 Å². The van der Waals surface area contributed by atoms with E-state index >= 15 is 0 Å². The van der Waals surface area contributed by atoms with Crippen LogP contribution >= 0.6 is 12.6 Å². The Balaban J connectivity index is 1.56. The van der Waals surface area contributed by atoms with Gasteiger partial charge in [-0.05, 0) is 84.1 Å². The number of nitrogens with zero attached hydrogens (tertiary/aromatic N) is 1. The first-order valence-corrected chi connectivity index (χ1v) is 12.0. The van der Waals surface area contributed by atoms with E-state index in [1.807, 2.05) is 0 Å². The molecule has 0 radical (unpaired) electrons. The van der Waals surface area contributed by atoms with Gasteiger partial charge in [0.2, 0.25) is 0 Å². The fraction of sp³-hybridized carbons (Fsp3) is 0.0625. The Morgan fingerprint density at radius 3 is 2.12 bits per heavy atom. The van der Waals surface area contributed by atoms with E-state index in [0.29, 0.717) is 0 Å². The molecule has 0 fully saturated rings. The van der Waals surface area contributed by atoms with E-state index in [1.165, 1.54) is 60.9 Å². The molecule has 34 heavy (non-hydrogen) atoms. The predicted molar refractivity (Wildman–Crippen MR) is 148 cm³/mol. The molecule has 6 aromatic rings. The molecule has 0 aliphatic rings. The maximum absolute atomic E-state index is 4.80. The number of rotatable bonds is 3. The molecule has 0 aliphatic heterocycles. The summed E-state index contributed by atoms with van der Waals surface area (Å²) < 4.78 is 2.35. The highest BCUT2D eigenvalue weighted by Gasteiger charge is 2.14. The minimum Gasteiger partial charge on any atom is -0.309 e. The van der Waals surface area contributed by atoms with Gasteiger partial charge in [0, 0.05) is 21.4 Å². The Kier molecular flexibility index (Phi) is 5.04. The van der Waals surface area contributed by atoms with Gasteiger partial charge in [0.25, 0.3) is 0 Å². The molecular weight excluding hydrogens is 430 g/mol. The van der Waals surface area contributed by atoms with Gasteiger partial charge in [0.15, 0.2) is 0 Å². The summed E-state index contributed by atoms with van der Waals surface area (Å²) in [7, 11) is 0. The fourth-order valence-electron chi connectivity index (χ4n) is 4.97. The maximum Gasteiger partial charge on any atom is 0.0541 e. The van der Waals surface area contributed by atoms with Gasteiger partial charge in [-0.25, -0.2) is 0 Å². The van der Waals surface area contributed by atoms with E-state index in [1.54, 1.807) is 0 Å². The van der Waals surface area contributed by atoms with Crippen molar-refractivity contribution in [3.63, 3.8) is 0 Å². The molecule has 164 valence electrons. The molecule has 2 heteroatoms. The van der Waals surface area contributed by atoms with Gasteiger partial charge in [-0.15, -0.1) is 12.6 Å². The number of fused-ring (bicyclic) bond motifs is 3. The smallest absolute Gasteiger partial charge is 0.0541 e. The van der Waals surface area contributed by atoms with Crippen LogP contribution in [0.3, 0.4) is 0 Å². The average Bonchev–Trinajstić information content (AvgIpc) is 3.20. The number of hydrogen-bond acceptors (Lipinski definition) is 1. The Morgan fingerprint density at radius 2 is 1.26 bits per heavy atom. The second-order valence-corrected chi connectivity index (χ2v) is 9.45. The zero-order chi connectivity index (χ0) is 23.2. The van der Waals surface area contributed by atoms with Crippen LogP contribution in [-0.2, 0) is 0 Å². The molecule has 1 nitrogen and oxygen atoms in total. The van der Waals surface area contributed by atoms with Gasteiger partial charge in [0.1, 0.15) is 0 Å². The summed E-state index contributed by atoms with van der Waals surface area (Å²) in [5, 5.41) is 2.53. The maximum atomic E-state index is 4.80. The van der Waals surface area contributed by atoms with Crippen molar-refractivity contribution in [2.45, 2.75) is 18.7 Å². The monoisotopic (exact) mass is 455 g/mol. The van der Waals surface area contributed by atoms with Crippen molar-refractivity contribution in [1.29, 1.82) is 0 Å². The minimum atomic E-state index is 0.999. The van der Waals surface area contributed by atoms with E-state index in [-0.39, 0.29) is 0 Å². The van der Waals surface area contributed by atoms with Gasteiger partial charge in [-0.1, -0.05) is 72.3 Å². The molecule has 0 unspecified atom stereocenters. The van der Waals surface area contributed by atoms with Crippen molar-refractivity contribution in [2.24, 2.45) is 0 Å². The first-order chi connectivity index (χ1) is 16.6. The normalized spacial score (nSPS) is 11.4. The Labute approximate surface area is 205 Å². The summed E-state index contributed by atoms with van der Waals surface area (Å²) in [6.07, 6.45) is 0. The molecule has 0 aliphatic carbocycles. The lowest BCUT2D eigenvalue weighted by Crippen LogP contribution is -1.93. The molecular formula is C32H25NS. The number of aromatic nitrogens is 1. The average molecular weight is 456 g/mol. The van der Waals surface area contributed by atoms with Crippen LogP contribution in [0.25, 0.3) is 49.7 Å². The van der Waals surface area contributed by atoms with Crippen molar-refractivity contribution in [2.75, 3.05) is 0 Å². The minimum absolute atomic E-state index is 0.999. The molecule has 1 aromatic heterocycles. The zero-order valence-electron chi connectivity index (χ0n) is 19.3. The summed E-state index contributed by atoms with van der Waals surface area (Å²) in [5.74, 6) is 0. The predicted octanol–water partition coefficient (Wildman–Crippen LogP) is 9.02. The van der Waals surface area contributed by atoms with Crippen LogP contribution < -0.4 is 0 Å².